The number of hydrogen-bond acceptors (Lipinski definition) is 2. The second kappa shape index (κ2) is 8.31. The molecule has 0 heterocycles. The fraction of sp³-hybridized carbons (Fsp3) is 0.278. The lowest BCUT2D eigenvalue weighted by atomic mass is 10.1. The highest BCUT2D eigenvalue weighted by Gasteiger charge is 2.06. The van der Waals surface area contributed by atoms with E-state index in [9.17, 15) is 0 Å². The van der Waals surface area contributed by atoms with Gasteiger partial charge in [-0.15, -0.1) is 0 Å². The van der Waals surface area contributed by atoms with Gasteiger partial charge in [-0.2, -0.15) is 0 Å². The van der Waals surface area contributed by atoms with Crippen molar-refractivity contribution in [1.29, 1.82) is 0 Å². The summed E-state index contributed by atoms with van der Waals surface area (Å²) in [7, 11) is 0. The number of ether oxygens (including phenoxy) is 1. The zero-order valence-electron chi connectivity index (χ0n) is 13.5. The highest BCUT2D eigenvalue weighted by atomic mass is 79.9. The van der Waals surface area contributed by atoms with Crippen molar-refractivity contribution in [3.05, 3.63) is 58.1 Å². The molecule has 2 aromatic carbocycles. The summed E-state index contributed by atoms with van der Waals surface area (Å²) in [5.74, 6) is 0.883. The quantitative estimate of drug-likeness (QED) is 0.714. The molecule has 1 atom stereocenters. The summed E-state index contributed by atoms with van der Waals surface area (Å²) in [5, 5.41) is 6.97. The lowest BCUT2D eigenvalue weighted by Gasteiger charge is -2.18. The minimum Gasteiger partial charge on any atom is -0.491 e. The van der Waals surface area contributed by atoms with E-state index >= 15 is 0 Å². The van der Waals surface area contributed by atoms with E-state index in [0.717, 1.165) is 15.9 Å². The number of rotatable bonds is 5. The Hall–Kier alpha value is -1.59. The summed E-state index contributed by atoms with van der Waals surface area (Å²) in [4.78, 5) is 0. The molecule has 2 rings (SSSR count). The molecule has 0 saturated carbocycles. The molecule has 2 N–H and O–H groups in total. The Kier molecular flexibility index (Phi) is 6.42. The van der Waals surface area contributed by atoms with Gasteiger partial charge < -0.3 is 15.4 Å². The van der Waals surface area contributed by atoms with E-state index in [-0.39, 0.29) is 6.04 Å². The summed E-state index contributed by atoms with van der Waals surface area (Å²) in [6.07, 6.45) is 0. The van der Waals surface area contributed by atoms with E-state index in [1.807, 2.05) is 37.3 Å². The van der Waals surface area contributed by atoms with E-state index in [2.05, 4.69) is 52.5 Å². The molecule has 0 aliphatic heterocycles. The van der Waals surface area contributed by atoms with E-state index < -0.39 is 0 Å². The number of nitrogens with one attached hydrogen (secondary N) is 2. The number of halogens is 1. The van der Waals surface area contributed by atoms with Crippen molar-refractivity contribution < 1.29 is 4.74 Å². The standard InChI is InChI=1S/C18H21BrN2OS/c1-12-4-9-17(10-13(12)2)22-11-14(3)20-18(23)21-16-7-5-15(19)6-8-16/h4-10,14H,11H2,1-3H3,(H2,20,21,23)/t14-/m1/s1. The van der Waals surface area contributed by atoms with Crippen LogP contribution in [0.3, 0.4) is 0 Å². The summed E-state index contributed by atoms with van der Waals surface area (Å²) < 4.78 is 6.85. The Labute approximate surface area is 151 Å². The Balaban J connectivity index is 1.79. The first-order valence-corrected chi connectivity index (χ1v) is 8.67. The third kappa shape index (κ3) is 5.84. The largest absolute Gasteiger partial charge is 0.491 e. The van der Waals surface area contributed by atoms with Crippen LogP contribution in [0.5, 0.6) is 5.75 Å². The molecule has 0 saturated heterocycles. The second-order valence-electron chi connectivity index (χ2n) is 5.56. The molecule has 0 bridgehead atoms. The van der Waals surface area contributed by atoms with Crippen molar-refractivity contribution in [2.24, 2.45) is 0 Å². The molecule has 5 heteroatoms. The van der Waals surface area contributed by atoms with Crippen molar-refractivity contribution in [3.63, 3.8) is 0 Å². The molecule has 3 nitrogen and oxygen atoms in total. The topological polar surface area (TPSA) is 33.3 Å². The van der Waals surface area contributed by atoms with E-state index in [4.69, 9.17) is 17.0 Å². The predicted molar refractivity (Wildman–Crippen MR) is 104 cm³/mol. The van der Waals surface area contributed by atoms with Crippen molar-refractivity contribution >= 4 is 38.9 Å². The number of aryl methyl sites for hydroxylation is 2. The molecule has 0 radical (unpaired) electrons. The minimum atomic E-state index is 0.104. The molecule has 0 spiro atoms. The van der Waals surface area contributed by atoms with Crippen LogP contribution < -0.4 is 15.4 Å². The molecule has 0 fully saturated rings. The average Bonchev–Trinajstić information content (AvgIpc) is 2.51. The van der Waals surface area contributed by atoms with Gasteiger partial charge in [-0.05, 0) is 80.5 Å². The molecule has 0 aliphatic carbocycles. The highest BCUT2D eigenvalue weighted by Crippen LogP contribution is 2.17. The molecule has 2 aromatic rings. The van der Waals surface area contributed by atoms with Crippen LogP contribution in [0.25, 0.3) is 0 Å². The zero-order chi connectivity index (χ0) is 16.8. The van der Waals surface area contributed by atoms with Gasteiger partial charge in [0.1, 0.15) is 12.4 Å². The normalized spacial score (nSPS) is 11.7. The minimum absolute atomic E-state index is 0.104. The molecular weight excluding hydrogens is 372 g/mol. The Morgan fingerprint density at radius 2 is 1.83 bits per heavy atom. The monoisotopic (exact) mass is 392 g/mol. The molecule has 23 heavy (non-hydrogen) atoms. The summed E-state index contributed by atoms with van der Waals surface area (Å²) in [6.45, 7) is 6.76. The summed E-state index contributed by atoms with van der Waals surface area (Å²) >= 11 is 8.74. The molecule has 0 unspecified atom stereocenters. The fourth-order valence-electron chi connectivity index (χ4n) is 1.99. The van der Waals surface area contributed by atoms with Gasteiger partial charge in [0.15, 0.2) is 5.11 Å². The lowest BCUT2D eigenvalue weighted by molar-refractivity contribution is 0.287. The van der Waals surface area contributed by atoms with Crippen LogP contribution in [-0.2, 0) is 0 Å². The summed E-state index contributed by atoms with van der Waals surface area (Å²) in [5.41, 5.74) is 3.45. The van der Waals surface area contributed by atoms with Crippen LogP contribution in [0.4, 0.5) is 5.69 Å². The third-order valence-corrected chi connectivity index (χ3v) is 4.21. The van der Waals surface area contributed by atoms with Crippen LogP contribution in [0.2, 0.25) is 0 Å². The van der Waals surface area contributed by atoms with E-state index in [1.54, 1.807) is 0 Å². The van der Waals surface area contributed by atoms with Crippen molar-refractivity contribution in [2.45, 2.75) is 26.8 Å². The molecule has 0 amide bonds. The molecule has 0 aliphatic rings. The Bertz CT molecular complexity index is 673. The number of thiocarbonyl (C=S) groups is 1. The van der Waals surface area contributed by atoms with Gasteiger partial charge in [0.2, 0.25) is 0 Å². The van der Waals surface area contributed by atoms with Crippen LogP contribution in [0.15, 0.2) is 46.9 Å². The predicted octanol–water partition coefficient (Wildman–Crippen LogP) is 4.82. The van der Waals surface area contributed by atoms with Crippen molar-refractivity contribution in [2.75, 3.05) is 11.9 Å². The van der Waals surface area contributed by atoms with Crippen LogP contribution in [0, 0.1) is 13.8 Å². The molecule has 0 aromatic heterocycles. The first-order chi connectivity index (χ1) is 10.9. The van der Waals surface area contributed by atoms with Crippen LogP contribution >= 0.6 is 28.1 Å². The van der Waals surface area contributed by atoms with Gasteiger partial charge in [0.25, 0.3) is 0 Å². The van der Waals surface area contributed by atoms with Gasteiger partial charge in [-0.1, -0.05) is 22.0 Å². The van der Waals surface area contributed by atoms with Crippen molar-refractivity contribution in [3.8, 4) is 5.75 Å². The van der Waals surface area contributed by atoms with Crippen LogP contribution in [-0.4, -0.2) is 17.8 Å². The Morgan fingerprint density at radius 3 is 2.48 bits per heavy atom. The first kappa shape index (κ1) is 17.8. The lowest BCUT2D eigenvalue weighted by Crippen LogP contribution is -2.39. The zero-order valence-corrected chi connectivity index (χ0v) is 15.9. The number of hydrogen-bond donors (Lipinski definition) is 2. The smallest absolute Gasteiger partial charge is 0.171 e. The van der Waals surface area contributed by atoms with Gasteiger partial charge in [-0.25, -0.2) is 0 Å². The average molecular weight is 393 g/mol. The first-order valence-electron chi connectivity index (χ1n) is 7.47. The van der Waals surface area contributed by atoms with Crippen LogP contribution in [0.1, 0.15) is 18.1 Å². The molecular formula is C18H21BrN2OS. The fourth-order valence-corrected chi connectivity index (χ4v) is 2.57. The molecule has 122 valence electrons. The maximum absolute atomic E-state index is 5.81. The van der Waals surface area contributed by atoms with E-state index in [1.165, 1.54) is 11.1 Å². The summed E-state index contributed by atoms with van der Waals surface area (Å²) in [6, 6.07) is 14.1. The maximum Gasteiger partial charge on any atom is 0.171 e. The van der Waals surface area contributed by atoms with Gasteiger partial charge >= 0.3 is 0 Å². The SMILES string of the molecule is Cc1ccc(OC[C@@H](C)NC(=S)Nc2ccc(Br)cc2)cc1C. The maximum atomic E-state index is 5.81. The third-order valence-electron chi connectivity index (χ3n) is 3.46. The number of benzene rings is 2. The van der Waals surface area contributed by atoms with Crippen molar-refractivity contribution in [1.82, 2.24) is 5.32 Å². The Morgan fingerprint density at radius 1 is 1.13 bits per heavy atom. The van der Waals surface area contributed by atoms with Gasteiger partial charge in [-0.3, -0.25) is 0 Å². The van der Waals surface area contributed by atoms with Gasteiger partial charge in [0, 0.05) is 10.2 Å². The number of anilines is 1. The highest BCUT2D eigenvalue weighted by molar-refractivity contribution is 9.10. The van der Waals surface area contributed by atoms with Gasteiger partial charge in [0.05, 0.1) is 6.04 Å². The van der Waals surface area contributed by atoms with E-state index in [0.29, 0.717) is 11.7 Å². The second-order valence-corrected chi connectivity index (χ2v) is 6.89.